The van der Waals surface area contributed by atoms with Gasteiger partial charge in [-0.1, -0.05) is 12.1 Å². The topological polar surface area (TPSA) is 112 Å². The number of thiophene rings is 1. The fourth-order valence-corrected chi connectivity index (χ4v) is 5.43. The van der Waals surface area contributed by atoms with Crippen LogP contribution in [0.1, 0.15) is 17.7 Å². The van der Waals surface area contributed by atoms with Gasteiger partial charge in [-0.2, -0.15) is 5.10 Å². The maximum atomic E-state index is 12.3. The van der Waals surface area contributed by atoms with Crippen LogP contribution < -0.4 is 5.32 Å². The minimum Gasteiger partial charge on any atom is -0.335 e. The standard InChI is InChI=1S/C28H21N7OS/c1-15-5-8-24(37-15)21-13-30-14-23-25(21)33-27(32-23)26-20-10-17(6-7-22(20)34-35-26)18-9-19(12-29-11-18)31-28(36)16-3-2-4-16/h3,5-14H,2,4H2,1H3,(H,31,36)(H,32,33)(H,34,35). The first kappa shape index (κ1) is 21.6. The molecule has 5 aromatic heterocycles. The lowest BCUT2D eigenvalue weighted by Gasteiger charge is -2.14. The van der Waals surface area contributed by atoms with E-state index in [1.807, 2.05) is 30.5 Å². The van der Waals surface area contributed by atoms with Crippen LogP contribution in [0.5, 0.6) is 0 Å². The van der Waals surface area contributed by atoms with Crippen LogP contribution in [0.4, 0.5) is 5.69 Å². The Labute approximate surface area is 215 Å². The monoisotopic (exact) mass is 503 g/mol. The number of amides is 1. The molecule has 0 saturated carbocycles. The highest BCUT2D eigenvalue weighted by Gasteiger charge is 2.18. The second kappa shape index (κ2) is 8.49. The van der Waals surface area contributed by atoms with Gasteiger partial charge in [-0.25, -0.2) is 4.98 Å². The summed E-state index contributed by atoms with van der Waals surface area (Å²) >= 11 is 1.72. The highest BCUT2D eigenvalue weighted by Crippen LogP contribution is 2.35. The number of aromatic amines is 2. The quantitative estimate of drug-likeness (QED) is 0.257. The van der Waals surface area contributed by atoms with Crippen LogP contribution >= 0.6 is 11.3 Å². The molecule has 0 aliphatic heterocycles. The zero-order valence-corrected chi connectivity index (χ0v) is 20.7. The molecule has 0 spiro atoms. The number of carbonyl (C=O) groups is 1. The molecule has 9 heteroatoms. The van der Waals surface area contributed by atoms with Crippen molar-refractivity contribution in [1.29, 1.82) is 0 Å². The van der Waals surface area contributed by atoms with Crippen molar-refractivity contribution in [3.8, 4) is 33.1 Å². The van der Waals surface area contributed by atoms with E-state index in [2.05, 4.69) is 55.6 Å². The number of anilines is 1. The summed E-state index contributed by atoms with van der Waals surface area (Å²) in [5, 5.41) is 11.6. The number of carbonyl (C=O) groups excluding carboxylic acids is 1. The molecule has 0 unspecified atom stereocenters. The number of rotatable bonds is 5. The molecule has 37 heavy (non-hydrogen) atoms. The van der Waals surface area contributed by atoms with Gasteiger partial charge in [0.1, 0.15) is 11.2 Å². The zero-order chi connectivity index (χ0) is 24.9. The summed E-state index contributed by atoms with van der Waals surface area (Å²) in [6.45, 7) is 2.09. The van der Waals surface area contributed by atoms with Crippen molar-refractivity contribution >= 4 is 44.9 Å². The van der Waals surface area contributed by atoms with Gasteiger partial charge in [-0.15, -0.1) is 11.3 Å². The van der Waals surface area contributed by atoms with Crippen molar-refractivity contribution in [2.24, 2.45) is 0 Å². The predicted octanol–water partition coefficient (Wildman–Crippen LogP) is 6.26. The minimum atomic E-state index is -0.0609. The molecular weight excluding hydrogens is 482 g/mol. The molecule has 180 valence electrons. The molecule has 1 amide bonds. The Morgan fingerprint density at radius 1 is 1.00 bits per heavy atom. The molecule has 7 rings (SSSR count). The molecule has 1 aliphatic carbocycles. The van der Waals surface area contributed by atoms with Gasteiger partial charge in [-0.3, -0.25) is 19.9 Å². The van der Waals surface area contributed by atoms with Crippen molar-refractivity contribution in [3.05, 3.63) is 77.7 Å². The van der Waals surface area contributed by atoms with Gasteiger partial charge in [0, 0.05) is 44.2 Å². The van der Waals surface area contributed by atoms with E-state index in [9.17, 15) is 4.79 Å². The molecule has 0 fully saturated rings. The SMILES string of the molecule is Cc1ccc(-c2cncc3[nH]c(-c4n[nH]c5ccc(-c6cncc(NC(=O)C7=CCC7)c6)cc45)nc23)s1. The van der Waals surface area contributed by atoms with E-state index in [4.69, 9.17) is 4.98 Å². The Balaban J connectivity index is 1.27. The second-order valence-corrected chi connectivity index (χ2v) is 10.4. The summed E-state index contributed by atoms with van der Waals surface area (Å²) in [4.78, 5) is 31.8. The third-order valence-corrected chi connectivity index (χ3v) is 7.65. The highest BCUT2D eigenvalue weighted by atomic mass is 32.1. The van der Waals surface area contributed by atoms with E-state index in [1.54, 1.807) is 29.9 Å². The number of nitrogens with one attached hydrogen (secondary N) is 3. The van der Waals surface area contributed by atoms with E-state index < -0.39 is 0 Å². The number of aromatic nitrogens is 6. The number of pyridine rings is 2. The van der Waals surface area contributed by atoms with Crippen LogP contribution in [0, 0.1) is 6.92 Å². The fraction of sp³-hybridized carbons (Fsp3) is 0.107. The van der Waals surface area contributed by atoms with Crippen molar-refractivity contribution in [2.45, 2.75) is 19.8 Å². The van der Waals surface area contributed by atoms with Crippen LogP contribution in [-0.2, 0) is 4.79 Å². The van der Waals surface area contributed by atoms with Gasteiger partial charge >= 0.3 is 0 Å². The van der Waals surface area contributed by atoms with Crippen LogP contribution in [0.15, 0.2) is 72.8 Å². The lowest BCUT2D eigenvalue weighted by Crippen LogP contribution is -2.17. The van der Waals surface area contributed by atoms with E-state index in [1.165, 1.54) is 4.88 Å². The summed E-state index contributed by atoms with van der Waals surface area (Å²) in [5.41, 5.74) is 7.73. The normalized spacial score (nSPS) is 13.1. The fourth-order valence-electron chi connectivity index (χ4n) is 4.55. The number of hydrogen-bond acceptors (Lipinski definition) is 6. The number of H-pyrrole nitrogens is 2. The van der Waals surface area contributed by atoms with Crippen molar-refractivity contribution < 1.29 is 4.79 Å². The van der Waals surface area contributed by atoms with Crippen LogP contribution in [0.3, 0.4) is 0 Å². The van der Waals surface area contributed by atoms with Gasteiger partial charge < -0.3 is 10.3 Å². The largest absolute Gasteiger partial charge is 0.335 e. The molecule has 1 aromatic carbocycles. The van der Waals surface area contributed by atoms with Crippen LogP contribution in [0.2, 0.25) is 0 Å². The van der Waals surface area contributed by atoms with E-state index in [0.717, 1.165) is 67.6 Å². The predicted molar refractivity (Wildman–Crippen MR) is 146 cm³/mol. The van der Waals surface area contributed by atoms with Crippen molar-refractivity contribution in [2.75, 3.05) is 5.32 Å². The Bertz CT molecular complexity index is 1860. The molecule has 5 heterocycles. The molecule has 1 aliphatic rings. The first-order valence-electron chi connectivity index (χ1n) is 12.0. The number of aryl methyl sites for hydroxylation is 1. The molecule has 0 bridgehead atoms. The molecule has 0 atom stereocenters. The molecule has 8 nitrogen and oxygen atoms in total. The number of benzene rings is 1. The third-order valence-electron chi connectivity index (χ3n) is 6.61. The molecule has 3 N–H and O–H groups in total. The lowest BCUT2D eigenvalue weighted by molar-refractivity contribution is -0.113. The molecule has 0 saturated heterocycles. The number of imidazole rings is 1. The Kier molecular flexibility index (Phi) is 4.97. The Morgan fingerprint density at radius 2 is 1.89 bits per heavy atom. The Morgan fingerprint density at radius 3 is 2.70 bits per heavy atom. The smallest absolute Gasteiger partial charge is 0.251 e. The highest BCUT2D eigenvalue weighted by molar-refractivity contribution is 7.15. The van der Waals surface area contributed by atoms with Crippen LogP contribution in [0.25, 0.3) is 55.0 Å². The summed E-state index contributed by atoms with van der Waals surface area (Å²) in [7, 11) is 0. The minimum absolute atomic E-state index is 0.0609. The van der Waals surface area contributed by atoms with Gasteiger partial charge in [0.05, 0.1) is 29.1 Å². The number of fused-ring (bicyclic) bond motifs is 2. The van der Waals surface area contributed by atoms with Gasteiger partial charge in [0.15, 0.2) is 5.82 Å². The van der Waals surface area contributed by atoms with Gasteiger partial charge in [-0.05, 0) is 55.7 Å². The summed E-state index contributed by atoms with van der Waals surface area (Å²) in [6.07, 6.45) is 10.9. The molecular formula is C28H21N7OS. The first-order chi connectivity index (χ1) is 18.1. The zero-order valence-electron chi connectivity index (χ0n) is 19.9. The molecule has 0 radical (unpaired) electrons. The van der Waals surface area contributed by atoms with Gasteiger partial charge in [0.2, 0.25) is 0 Å². The first-order valence-corrected chi connectivity index (χ1v) is 12.8. The molecule has 6 aromatic rings. The van der Waals surface area contributed by atoms with Crippen molar-refractivity contribution in [3.63, 3.8) is 0 Å². The number of hydrogen-bond donors (Lipinski definition) is 3. The maximum absolute atomic E-state index is 12.3. The number of nitrogens with zero attached hydrogens (tertiary/aromatic N) is 4. The Hall–Kier alpha value is -4.63. The summed E-state index contributed by atoms with van der Waals surface area (Å²) in [5.74, 6) is 0.614. The van der Waals surface area contributed by atoms with E-state index in [0.29, 0.717) is 11.5 Å². The number of allylic oxidation sites excluding steroid dienone is 1. The summed E-state index contributed by atoms with van der Waals surface area (Å²) < 4.78 is 0. The van der Waals surface area contributed by atoms with E-state index >= 15 is 0 Å². The van der Waals surface area contributed by atoms with Crippen LogP contribution in [-0.4, -0.2) is 36.0 Å². The maximum Gasteiger partial charge on any atom is 0.251 e. The average molecular weight is 504 g/mol. The third kappa shape index (κ3) is 3.80. The summed E-state index contributed by atoms with van der Waals surface area (Å²) in [6, 6.07) is 12.2. The van der Waals surface area contributed by atoms with Gasteiger partial charge in [0.25, 0.3) is 5.91 Å². The lowest BCUT2D eigenvalue weighted by atomic mass is 9.98. The van der Waals surface area contributed by atoms with Crippen molar-refractivity contribution in [1.82, 2.24) is 30.1 Å². The second-order valence-electron chi connectivity index (χ2n) is 9.10. The van der Waals surface area contributed by atoms with E-state index in [-0.39, 0.29) is 5.91 Å². The average Bonchev–Trinajstić information content (AvgIpc) is 3.60.